The molecule has 0 amide bonds. The zero-order chi connectivity index (χ0) is 15.3. The first-order valence-corrected chi connectivity index (χ1v) is 8.85. The van der Waals surface area contributed by atoms with Crippen molar-refractivity contribution in [1.82, 2.24) is 9.88 Å². The average molecular weight is 310 g/mol. The van der Waals surface area contributed by atoms with E-state index in [1.807, 2.05) is 6.92 Å². The summed E-state index contributed by atoms with van der Waals surface area (Å²) in [5, 5.41) is 12.0. The molecule has 23 heavy (non-hydrogen) atoms. The number of hydrogen-bond acceptors (Lipinski definition) is 3. The van der Waals surface area contributed by atoms with Crippen molar-refractivity contribution >= 4 is 10.9 Å². The Balaban J connectivity index is 1.51. The third-order valence-corrected chi connectivity index (χ3v) is 7.14. The lowest BCUT2D eigenvalue weighted by atomic mass is 9.59. The minimum atomic E-state index is -0.947. The molecule has 6 heterocycles. The number of benzene rings is 1. The van der Waals surface area contributed by atoms with Crippen molar-refractivity contribution in [2.75, 3.05) is 13.2 Å². The highest BCUT2D eigenvalue weighted by atomic mass is 16.6. The van der Waals surface area contributed by atoms with Gasteiger partial charge in [0.2, 0.25) is 0 Å². The number of piperidine rings is 3. The van der Waals surface area contributed by atoms with Crippen LogP contribution in [-0.4, -0.2) is 40.0 Å². The molecule has 4 heteroatoms. The lowest BCUT2D eigenvalue weighted by molar-refractivity contribution is -0.318. The number of hydrogen-bond donors (Lipinski definition) is 2. The minimum Gasteiger partial charge on any atom is -0.365 e. The molecule has 2 N–H and O–H groups in total. The fraction of sp³-hybridized carbons (Fsp3) is 0.579. The van der Waals surface area contributed by atoms with Crippen LogP contribution in [0, 0.1) is 17.8 Å². The van der Waals surface area contributed by atoms with Crippen LogP contribution in [0.4, 0.5) is 0 Å². The first kappa shape index (κ1) is 13.0. The molecule has 1 aromatic carbocycles. The van der Waals surface area contributed by atoms with Crippen molar-refractivity contribution in [2.24, 2.45) is 17.8 Å². The summed E-state index contributed by atoms with van der Waals surface area (Å²) in [6, 6.07) is 9.78. The van der Waals surface area contributed by atoms with Crippen LogP contribution in [0.5, 0.6) is 0 Å². The van der Waals surface area contributed by atoms with Crippen LogP contribution >= 0.6 is 0 Å². The Hall–Kier alpha value is -1.36. The maximum atomic E-state index is 10.6. The van der Waals surface area contributed by atoms with E-state index in [2.05, 4.69) is 34.1 Å². The van der Waals surface area contributed by atoms with E-state index in [1.54, 1.807) is 0 Å². The molecule has 5 aliphatic rings. The first-order chi connectivity index (χ1) is 11.1. The largest absolute Gasteiger partial charge is 0.365 e. The molecule has 5 aliphatic heterocycles. The van der Waals surface area contributed by atoms with Crippen LogP contribution in [0.2, 0.25) is 0 Å². The molecule has 4 saturated heterocycles. The highest BCUT2D eigenvalue weighted by molar-refractivity contribution is 5.85. The van der Waals surface area contributed by atoms with E-state index in [-0.39, 0.29) is 5.92 Å². The van der Waals surface area contributed by atoms with Crippen LogP contribution in [0.15, 0.2) is 24.3 Å². The molecule has 1 aromatic heterocycles. The van der Waals surface area contributed by atoms with E-state index in [1.165, 1.54) is 22.2 Å². The third kappa shape index (κ3) is 1.48. The van der Waals surface area contributed by atoms with Crippen molar-refractivity contribution in [3.8, 4) is 0 Å². The Morgan fingerprint density at radius 2 is 2.17 bits per heavy atom. The van der Waals surface area contributed by atoms with Crippen LogP contribution in [0.25, 0.3) is 10.9 Å². The Morgan fingerprint density at radius 1 is 1.30 bits per heavy atom. The molecule has 2 unspecified atom stereocenters. The smallest absolute Gasteiger partial charge is 0.166 e. The number of para-hydroxylation sites is 1. The first-order valence-electron chi connectivity index (χ1n) is 8.85. The number of ether oxygens (including phenoxy) is 1. The van der Waals surface area contributed by atoms with Gasteiger partial charge in [0.25, 0.3) is 0 Å². The van der Waals surface area contributed by atoms with Crippen molar-refractivity contribution in [3.05, 3.63) is 35.5 Å². The summed E-state index contributed by atoms with van der Waals surface area (Å²) in [6.07, 6.45) is 2.28. The van der Waals surface area contributed by atoms with Gasteiger partial charge in [-0.2, -0.15) is 0 Å². The molecule has 7 atom stereocenters. The molecule has 120 valence electrons. The molecule has 4 fully saturated rings. The minimum absolute atomic E-state index is 0.264. The van der Waals surface area contributed by atoms with E-state index in [0.29, 0.717) is 30.5 Å². The molecular weight excluding hydrogens is 288 g/mol. The lowest BCUT2D eigenvalue weighted by Gasteiger charge is -2.64. The number of nitrogens with zero attached hydrogens (tertiary/aromatic N) is 1. The highest BCUT2D eigenvalue weighted by Gasteiger charge is 2.61. The van der Waals surface area contributed by atoms with Crippen molar-refractivity contribution < 1.29 is 9.84 Å². The number of aromatic nitrogens is 1. The second-order valence-electron chi connectivity index (χ2n) is 8.08. The van der Waals surface area contributed by atoms with Gasteiger partial charge in [-0.15, -0.1) is 0 Å². The maximum Gasteiger partial charge on any atom is 0.166 e. The molecule has 0 aliphatic carbocycles. The molecule has 0 spiro atoms. The summed E-state index contributed by atoms with van der Waals surface area (Å²) in [5.41, 5.74) is 4.24. The summed E-state index contributed by atoms with van der Waals surface area (Å²) < 4.78 is 5.85. The maximum absolute atomic E-state index is 10.6. The van der Waals surface area contributed by atoms with E-state index < -0.39 is 5.79 Å². The predicted molar refractivity (Wildman–Crippen MR) is 86.9 cm³/mol. The summed E-state index contributed by atoms with van der Waals surface area (Å²) in [7, 11) is 0. The van der Waals surface area contributed by atoms with E-state index in [0.717, 1.165) is 19.4 Å². The van der Waals surface area contributed by atoms with Crippen LogP contribution in [0.1, 0.15) is 30.6 Å². The van der Waals surface area contributed by atoms with Gasteiger partial charge in [-0.1, -0.05) is 18.2 Å². The normalized spacial score (nSPS) is 46.9. The number of aliphatic hydroxyl groups is 1. The molecular formula is C19H22N2O2. The Labute approximate surface area is 135 Å². The second kappa shape index (κ2) is 4.00. The number of fused-ring (bicyclic) bond motifs is 3. The average Bonchev–Trinajstić information content (AvgIpc) is 2.92. The lowest BCUT2D eigenvalue weighted by Crippen LogP contribution is -2.70. The Morgan fingerprint density at radius 3 is 3.09 bits per heavy atom. The standard InChI is InChI=1S/C19H22N2O2/c1-19(22)14-8-21-16-7-12-10-4-2-3-5-15(10)20-18(12)17(21)6-11(14)13(16)9-23-19/h2-5,11,13-14,16-17,20,22H,6-9H2,1H3/t11-,13?,14-,16+,17+,19-/m1/s1. The number of nitrogens with one attached hydrogen (secondary N) is 1. The van der Waals surface area contributed by atoms with Gasteiger partial charge in [-0.05, 0) is 37.3 Å². The van der Waals surface area contributed by atoms with Crippen LogP contribution < -0.4 is 0 Å². The summed E-state index contributed by atoms with van der Waals surface area (Å²) in [5.74, 6) is 0.489. The van der Waals surface area contributed by atoms with Gasteiger partial charge < -0.3 is 14.8 Å². The molecule has 7 rings (SSSR count). The summed E-state index contributed by atoms with van der Waals surface area (Å²) in [6.45, 7) is 3.54. The van der Waals surface area contributed by atoms with Gasteiger partial charge in [0.1, 0.15) is 0 Å². The number of rotatable bonds is 0. The third-order valence-electron chi connectivity index (χ3n) is 7.14. The Bertz CT molecular complexity index is 811. The van der Waals surface area contributed by atoms with Crippen LogP contribution in [-0.2, 0) is 11.2 Å². The predicted octanol–water partition coefficient (Wildman–Crippen LogP) is 2.44. The SMILES string of the molecule is C[C@@]1(O)OCC2[C@H]3C[C@H]4c5[nH]c6ccccc6c5C[C@@H]2N4C[C@H]31. The summed E-state index contributed by atoms with van der Waals surface area (Å²) >= 11 is 0. The van der Waals surface area contributed by atoms with E-state index in [4.69, 9.17) is 4.74 Å². The molecule has 0 radical (unpaired) electrons. The fourth-order valence-corrected chi connectivity index (χ4v) is 6.08. The molecule has 2 aromatic rings. The fourth-order valence-electron chi connectivity index (χ4n) is 6.08. The van der Waals surface area contributed by atoms with Crippen molar-refractivity contribution in [1.29, 1.82) is 0 Å². The van der Waals surface area contributed by atoms with Gasteiger partial charge >= 0.3 is 0 Å². The number of H-pyrrole nitrogens is 1. The topological polar surface area (TPSA) is 48.5 Å². The van der Waals surface area contributed by atoms with Crippen molar-refractivity contribution in [3.63, 3.8) is 0 Å². The van der Waals surface area contributed by atoms with Gasteiger partial charge in [0.15, 0.2) is 5.79 Å². The Kier molecular flexibility index (Phi) is 2.26. The van der Waals surface area contributed by atoms with Crippen LogP contribution in [0.3, 0.4) is 0 Å². The van der Waals surface area contributed by atoms with Gasteiger partial charge in [0, 0.05) is 41.0 Å². The zero-order valence-corrected chi connectivity index (χ0v) is 13.3. The quantitative estimate of drug-likeness (QED) is 0.786. The molecule has 0 saturated carbocycles. The monoisotopic (exact) mass is 310 g/mol. The van der Waals surface area contributed by atoms with E-state index >= 15 is 0 Å². The van der Waals surface area contributed by atoms with Crippen molar-refractivity contribution in [2.45, 2.75) is 37.6 Å². The molecule has 4 nitrogen and oxygen atoms in total. The van der Waals surface area contributed by atoms with E-state index in [9.17, 15) is 5.11 Å². The second-order valence-corrected chi connectivity index (χ2v) is 8.08. The number of aromatic amines is 1. The van der Waals surface area contributed by atoms with Gasteiger partial charge in [-0.3, -0.25) is 4.90 Å². The summed E-state index contributed by atoms with van der Waals surface area (Å²) in [4.78, 5) is 6.38. The zero-order valence-electron chi connectivity index (χ0n) is 13.3. The van der Waals surface area contributed by atoms with Gasteiger partial charge in [-0.25, -0.2) is 0 Å². The molecule has 6 bridgehead atoms. The van der Waals surface area contributed by atoms with Gasteiger partial charge in [0.05, 0.1) is 12.6 Å². The highest BCUT2D eigenvalue weighted by Crippen LogP contribution is 2.58.